The smallest absolute Gasteiger partial charge is 0.451 e. The maximum Gasteiger partial charge on any atom is 0.451 e. The number of halogens is 4. The second kappa shape index (κ2) is 9.06. The Labute approximate surface area is 167 Å². The van der Waals surface area contributed by atoms with Crippen molar-refractivity contribution < 1.29 is 40.2 Å². The van der Waals surface area contributed by atoms with Crippen LogP contribution in [0.1, 0.15) is 11.4 Å². The summed E-state index contributed by atoms with van der Waals surface area (Å²) < 4.78 is 87.2. The molecule has 10 nitrogen and oxygen atoms in total. The lowest BCUT2D eigenvalue weighted by molar-refractivity contribution is -0.145. The van der Waals surface area contributed by atoms with Gasteiger partial charge in [0.05, 0.1) is 7.11 Å². The Morgan fingerprint density at radius 2 is 1.90 bits per heavy atom. The Morgan fingerprint density at radius 3 is 2.50 bits per heavy atom. The van der Waals surface area contributed by atoms with E-state index in [9.17, 15) is 30.8 Å². The van der Waals surface area contributed by atoms with E-state index >= 15 is 0 Å². The molecule has 1 aromatic carbocycles. The van der Waals surface area contributed by atoms with E-state index in [1.807, 2.05) is 0 Å². The van der Waals surface area contributed by atoms with Crippen LogP contribution in [0.2, 0.25) is 0 Å². The Morgan fingerprint density at radius 1 is 1.20 bits per heavy atom. The number of benzene rings is 1. The largest absolute Gasteiger partial charge is 0.489 e. The number of aromatic nitrogens is 3. The van der Waals surface area contributed by atoms with Gasteiger partial charge in [0.15, 0.2) is 0 Å². The number of methoxy groups -OCH3 is 1. The molecule has 0 aliphatic heterocycles. The van der Waals surface area contributed by atoms with E-state index < -0.39 is 58.2 Å². The number of amides is 2. The number of aryl methyl sites for hydroxylation is 1. The standard InChI is InChI=1S/C15H15F4N5O5S/c1-8-4-3-5-9(29-7-6-16)10(8)30(26,27)24-13(25)22-12-20-11(15(17,18)19)21-14(23-12)28-2/h3-5H,6-7H2,1-2H3,(H2,20,21,22,23,24,25). The topological polar surface area (TPSA) is 132 Å². The van der Waals surface area contributed by atoms with E-state index in [0.717, 1.165) is 7.11 Å². The number of rotatable bonds is 7. The molecular weight excluding hydrogens is 438 g/mol. The fraction of sp³-hybridized carbons (Fsp3) is 0.333. The lowest BCUT2D eigenvalue weighted by Crippen LogP contribution is -2.35. The van der Waals surface area contributed by atoms with Crippen LogP contribution in [0.3, 0.4) is 0 Å². The molecule has 0 aliphatic rings. The molecular formula is C15H15F4N5O5S. The van der Waals surface area contributed by atoms with Crippen molar-refractivity contribution in [1.82, 2.24) is 19.7 Å². The third kappa shape index (κ3) is 5.65. The number of alkyl halides is 4. The minimum absolute atomic E-state index is 0.174. The number of hydrogen-bond donors (Lipinski definition) is 2. The molecule has 0 saturated carbocycles. The number of urea groups is 1. The molecule has 0 fully saturated rings. The summed E-state index contributed by atoms with van der Waals surface area (Å²) in [6.45, 7) is 0.0916. The fourth-order valence-electron chi connectivity index (χ4n) is 2.16. The lowest BCUT2D eigenvalue weighted by Gasteiger charge is -2.14. The molecule has 0 aliphatic carbocycles. The summed E-state index contributed by atoms with van der Waals surface area (Å²) in [4.78, 5) is 21.0. The highest BCUT2D eigenvalue weighted by molar-refractivity contribution is 7.90. The summed E-state index contributed by atoms with van der Waals surface area (Å²) in [6.07, 6.45) is -4.97. The molecule has 0 unspecified atom stereocenters. The van der Waals surface area contributed by atoms with Gasteiger partial charge >= 0.3 is 18.2 Å². The summed E-state index contributed by atoms with van der Waals surface area (Å²) in [7, 11) is -3.57. The van der Waals surface area contributed by atoms with Crippen molar-refractivity contribution in [3.63, 3.8) is 0 Å². The second-order valence-electron chi connectivity index (χ2n) is 5.47. The summed E-state index contributed by atoms with van der Waals surface area (Å²) in [5.41, 5.74) is 0.174. The number of nitrogens with one attached hydrogen (secondary N) is 2. The molecule has 15 heteroatoms. The zero-order valence-corrected chi connectivity index (χ0v) is 16.3. The maximum absolute atomic E-state index is 12.8. The van der Waals surface area contributed by atoms with Crippen LogP contribution >= 0.6 is 0 Å². The van der Waals surface area contributed by atoms with Crippen LogP contribution in [0.25, 0.3) is 0 Å². The van der Waals surface area contributed by atoms with E-state index in [1.165, 1.54) is 25.1 Å². The van der Waals surface area contributed by atoms with Crippen molar-refractivity contribution in [2.45, 2.75) is 18.0 Å². The van der Waals surface area contributed by atoms with Gasteiger partial charge < -0.3 is 9.47 Å². The number of anilines is 1. The molecule has 0 spiro atoms. The molecule has 164 valence electrons. The predicted octanol–water partition coefficient (Wildman–Crippen LogP) is 2.07. The number of ether oxygens (including phenoxy) is 2. The normalized spacial score (nSPS) is 11.7. The molecule has 0 saturated heterocycles. The van der Waals surface area contributed by atoms with E-state index in [4.69, 9.17) is 4.74 Å². The van der Waals surface area contributed by atoms with Gasteiger partial charge in [-0.05, 0) is 18.6 Å². The summed E-state index contributed by atoms with van der Waals surface area (Å²) in [5.74, 6) is -2.77. The highest BCUT2D eigenvalue weighted by Gasteiger charge is 2.36. The lowest BCUT2D eigenvalue weighted by atomic mass is 10.2. The number of carbonyl (C=O) groups is 1. The highest BCUT2D eigenvalue weighted by atomic mass is 32.2. The quantitative estimate of drug-likeness (QED) is 0.609. The molecule has 0 atom stereocenters. The van der Waals surface area contributed by atoms with Gasteiger partial charge in [-0.1, -0.05) is 12.1 Å². The van der Waals surface area contributed by atoms with Crippen LogP contribution in [-0.2, 0) is 16.2 Å². The van der Waals surface area contributed by atoms with Crippen LogP contribution in [-0.4, -0.2) is 49.8 Å². The van der Waals surface area contributed by atoms with Crippen molar-refractivity contribution >= 4 is 22.0 Å². The molecule has 0 radical (unpaired) electrons. The molecule has 1 aromatic heterocycles. The van der Waals surface area contributed by atoms with Gasteiger partial charge in [0.1, 0.15) is 23.9 Å². The first kappa shape index (κ1) is 23.1. The van der Waals surface area contributed by atoms with Crippen molar-refractivity contribution in [2.75, 3.05) is 25.7 Å². The number of hydrogen-bond acceptors (Lipinski definition) is 8. The summed E-state index contributed by atoms with van der Waals surface area (Å²) >= 11 is 0. The van der Waals surface area contributed by atoms with Gasteiger partial charge in [-0.15, -0.1) is 0 Å². The number of nitrogens with zero attached hydrogens (tertiary/aromatic N) is 3. The van der Waals surface area contributed by atoms with E-state index in [-0.39, 0.29) is 11.3 Å². The van der Waals surface area contributed by atoms with Gasteiger partial charge in [0, 0.05) is 0 Å². The van der Waals surface area contributed by atoms with E-state index in [1.54, 1.807) is 10.0 Å². The van der Waals surface area contributed by atoms with Crippen molar-refractivity contribution in [3.8, 4) is 11.8 Å². The predicted molar refractivity (Wildman–Crippen MR) is 93.4 cm³/mol. The molecule has 2 rings (SSSR count). The maximum atomic E-state index is 12.8. The number of carbonyl (C=O) groups excluding carboxylic acids is 1. The molecule has 2 N–H and O–H groups in total. The first-order valence-corrected chi connectivity index (χ1v) is 9.45. The van der Waals surface area contributed by atoms with Gasteiger partial charge in [-0.25, -0.2) is 22.3 Å². The molecule has 0 bridgehead atoms. The minimum atomic E-state index is -4.97. The molecule has 2 aromatic rings. The average Bonchev–Trinajstić information content (AvgIpc) is 2.64. The third-order valence-corrected chi connectivity index (χ3v) is 4.80. The highest BCUT2D eigenvalue weighted by Crippen LogP contribution is 2.28. The van der Waals surface area contributed by atoms with Gasteiger partial charge in [-0.2, -0.15) is 28.1 Å². The average molecular weight is 453 g/mol. The Kier molecular flexibility index (Phi) is 6.96. The van der Waals surface area contributed by atoms with Crippen LogP contribution in [0, 0.1) is 6.92 Å². The van der Waals surface area contributed by atoms with Crippen molar-refractivity contribution in [3.05, 3.63) is 29.6 Å². The van der Waals surface area contributed by atoms with Gasteiger partial charge in [-0.3, -0.25) is 5.32 Å². The minimum Gasteiger partial charge on any atom is -0.489 e. The SMILES string of the molecule is COc1nc(NC(=O)NS(=O)(=O)c2c(C)cccc2OCCF)nc(C(F)(F)F)n1. The monoisotopic (exact) mass is 453 g/mol. The van der Waals surface area contributed by atoms with E-state index in [0.29, 0.717) is 0 Å². The fourth-order valence-corrected chi connectivity index (χ4v) is 3.44. The van der Waals surface area contributed by atoms with E-state index in [2.05, 4.69) is 19.7 Å². The number of sulfonamides is 1. The van der Waals surface area contributed by atoms with Crippen molar-refractivity contribution in [2.24, 2.45) is 0 Å². The van der Waals surface area contributed by atoms with Gasteiger partial charge in [0.2, 0.25) is 11.8 Å². The van der Waals surface area contributed by atoms with Crippen LogP contribution in [0.4, 0.5) is 28.3 Å². The first-order chi connectivity index (χ1) is 14.0. The molecule has 2 amide bonds. The van der Waals surface area contributed by atoms with Crippen LogP contribution < -0.4 is 19.5 Å². The van der Waals surface area contributed by atoms with Crippen molar-refractivity contribution in [1.29, 1.82) is 0 Å². The first-order valence-electron chi connectivity index (χ1n) is 7.97. The van der Waals surface area contributed by atoms with Gasteiger partial charge in [0.25, 0.3) is 10.0 Å². The summed E-state index contributed by atoms with van der Waals surface area (Å²) in [5, 5.41) is 1.76. The zero-order chi connectivity index (χ0) is 22.5. The Bertz CT molecular complexity index is 1030. The summed E-state index contributed by atoms with van der Waals surface area (Å²) in [6, 6.07) is 1.90. The zero-order valence-electron chi connectivity index (χ0n) is 15.4. The third-order valence-electron chi connectivity index (χ3n) is 3.28. The van der Waals surface area contributed by atoms with Crippen LogP contribution in [0.15, 0.2) is 23.1 Å². The molecule has 1 heterocycles. The Hall–Kier alpha value is -3.23. The molecule has 30 heavy (non-hydrogen) atoms. The second-order valence-corrected chi connectivity index (χ2v) is 7.09. The van der Waals surface area contributed by atoms with Crippen LogP contribution in [0.5, 0.6) is 11.8 Å². The Balaban J connectivity index is 2.29.